The number of benzene rings is 1. The van der Waals surface area contributed by atoms with E-state index in [4.69, 9.17) is 4.74 Å². The molecule has 2 heterocycles. The number of fused-ring (bicyclic) bond motifs is 1. The lowest BCUT2D eigenvalue weighted by atomic mass is 9.83. The lowest BCUT2D eigenvalue weighted by Crippen LogP contribution is -2.38. The van der Waals surface area contributed by atoms with Crippen molar-refractivity contribution >= 4 is 5.69 Å². The molecule has 7 heteroatoms. The van der Waals surface area contributed by atoms with Crippen molar-refractivity contribution in [1.82, 2.24) is 14.9 Å². The minimum absolute atomic E-state index is 0.156. The van der Waals surface area contributed by atoms with E-state index in [1.165, 1.54) is 12.3 Å². The van der Waals surface area contributed by atoms with Crippen LogP contribution in [-0.4, -0.2) is 54.2 Å². The molecule has 5 nitrogen and oxygen atoms in total. The van der Waals surface area contributed by atoms with Gasteiger partial charge in [-0.15, -0.1) is 0 Å². The van der Waals surface area contributed by atoms with Crippen LogP contribution in [0.1, 0.15) is 45.4 Å². The molecule has 168 valence electrons. The monoisotopic (exact) mass is 430 g/mol. The lowest BCUT2D eigenvalue weighted by Gasteiger charge is -2.34. The number of hydrogen-bond acceptors (Lipinski definition) is 5. The predicted octanol–water partition coefficient (Wildman–Crippen LogP) is 4.69. The molecule has 2 aromatic rings. The Morgan fingerprint density at radius 1 is 1.13 bits per heavy atom. The first-order chi connectivity index (χ1) is 14.8. The molecule has 31 heavy (non-hydrogen) atoms. The number of ether oxygens (including phenoxy) is 1. The Balaban J connectivity index is 1.59. The molecule has 0 radical (unpaired) electrons. The van der Waals surface area contributed by atoms with E-state index in [0.717, 1.165) is 32.1 Å². The molecule has 1 aromatic heterocycles. The van der Waals surface area contributed by atoms with Gasteiger partial charge in [-0.05, 0) is 71.7 Å². The van der Waals surface area contributed by atoms with E-state index in [9.17, 15) is 8.78 Å². The Kier molecular flexibility index (Phi) is 6.42. The van der Waals surface area contributed by atoms with Gasteiger partial charge in [-0.3, -0.25) is 0 Å². The quantitative estimate of drug-likeness (QED) is 0.688. The van der Waals surface area contributed by atoms with Gasteiger partial charge in [0.15, 0.2) is 17.4 Å². The fourth-order valence-electron chi connectivity index (χ4n) is 4.80. The zero-order chi connectivity index (χ0) is 22.1. The van der Waals surface area contributed by atoms with E-state index in [1.54, 1.807) is 6.07 Å². The maximum Gasteiger partial charge on any atom is 0.178 e. The van der Waals surface area contributed by atoms with E-state index in [1.807, 2.05) is 13.8 Å². The number of anilines is 1. The number of nitrogens with zero attached hydrogens (tertiary/aromatic N) is 4. The normalized spacial score (nSPS) is 21.4. The molecule has 0 N–H and O–H groups in total. The predicted molar refractivity (Wildman–Crippen MR) is 118 cm³/mol. The van der Waals surface area contributed by atoms with Crippen molar-refractivity contribution in [3.05, 3.63) is 35.8 Å². The van der Waals surface area contributed by atoms with Crippen LogP contribution in [0.5, 0.6) is 5.75 Å². The van der Waals surface area contributed by atoms with Crippen molar-refractivity contribution in [2.75, 3.05) is 32.1 Å². The highest BCUT2D eigenvalue weighted by molar-refractivity contribution is 5.72. The third-order valence-electron chi connectivity index (χ3n) is 6.62. The average Bonchev–Trinajstić information content (AvgIpc) is 2.75. The minimum Gasteiger partial charge on any atom is -0.486 e. The zero-order valence-electron chi connectivity index (χ0n) is 18.9. The van der Waals surface area contributed by atoms with E-state index in [0.29, 0.717) is 42.2 Å². The SMILES string of the molecule is CC(C)N1CCOc2c(F)cc(-c3nc(CC4CCC(N(C)C)CC4)ncc3F)cc21. The summed E-state index contributed by atoms with van der Waals surface area (Å²) in [5.74, 6) is 0.335. The molecule has 0 bridgehead atoms. The Labute approximate surface area is 183 Å². The Bertz CT molecular complexity index is 926. The highest BCUT2D eigenvalue weighted by Gasteiger charge is 2.27. The van der Waals surface area contributed by atoms with Crippen molar-refractivity contribution in [2.45, 2.75) is 58.0 Å². The van der Waals surface area contributed by atoms with Gasteiger partial charge in [0.05, 0.1) is 18.4 Å². The van der Waals surface area contributed by atoms with Crippen LogP contribution in [0.25, 0.3) is 11.3 Å². The summed E-state index contributed by atoms with van der Waals surface area (Å²) in [6, 6.07) is 3.92. The summed E-state index contributed by atoms with van der Waals surface area (Å²) in [6.07, 6.45) is 6.50. The van der Waals surface area contributed by atoms with Gasteiger partial charge in [0, 0.05) is 24.1 Å². The highest BCUT2D eigenvalue weighted by atomic mass is 19.1. The first kappa shape index (κ1) is 21.9. The fraction of sp³-hybridized carbons (Fsp3) is 0.583. The minimum atomic E-state index is -0.535. The molecule has 0 atom stereocenters. The molecule has 0 unspecified atom stereocenters. The molecule has 0 amide bonds. The molecule has 1 saturated carbocycles. The topological polar surface area (TPSA) is 41.5 Å². The maximum atomic E-state index is 14.8. The van der Waals surface area contributed by atoms with Crippen molar-refractivity contribution in [3.63, 3.8) is 0 Å². The van der Waals surface area contributed by atoms with Crippen LogP contribution in [-0.2, 0) is 6.42 Å². The Morgan fingerprint density at radius 3 is 2.55 bits per heavy atom. The van der Waals surface area contributed by atoms with Gasteiger partial charge in [-0.2, -0.15) is 0 Å². The molecule has 2 aliphatic rings. The van der Waals surface area contributed by atoms with Crippen LogP contribution in [0.3, 0.4) is 0 Å². The van der Waals surface area contributed by atoms with Crippen molar-refractivity contribution < 1.29 is 13.5 Å². The van der Waals surface area contributed by atoms with E-state index in [2.05, 4.69) is 33.9 Å². The summed E-state index contributed by atoms with van der Waals surface area (Å²) < 4.78 is 35.1. The summed E-state index contributed by atoms with van der Waals surface area (Å²) in [6.45, 7) is 5.20. The van der Waals surface area contributed by atoms with Crippen molar-refractivity contribution in [1.29, 1.82) is 0 Å². The average molecular weight is 431 g/mol. The van der Waals surface area contributed by atoms with Gasteiger partial charge in [0.25, 0.3) is 0 Å². The second-order valence-corrected chi connectivity index (χ2v) is 9.27. The van der Waals surface area contributed by atoms with Crippen molar-refractivity contribution in [2.24, 2.45) is 5.92 Å². The highest BCUT2D eigenvalue weighted by Crippen LogP contribution is 2.39. The van der Waals surface area contributed by atoms with Crippen molar-refractivity contribution in [3.8, 4) is 17.0 Å². The maximum absolute atomic E-state index is 14.8. The summed E-state index contributed by atoms with van der Waals surface area (Å²) in [5.41, 5.74) is 1.23. The second kappa shape index (κ2) is 9.07. The number of hydrogen-bond donors (Lipinski definition) is 0. The fourth-order valence-corrected chi connectivity index (χ4v) is 4.80. The first-order valence-corrected chi connectivity index (χ1v) is 11.2. The molecule has 0 saturated heterocycles. The van der Waals surface area contributed by atoms with Crippen LogP contribution in [0.15, 0.2) is 18.3 Å². The van der Waals surface area contributed by atoms with Crippen LogP contribution in [0, 0.1) is 17.6 Å². The molecular formula is C24H32F2N4O. The van der Waals surface area contributed by atoms with Crippen LogP contribution < -0.4 is 9.64 Å². The van der Waals surface area contributed by atoms with E-state index in [-0.39, 0.29) is 17.5 Å². The van der Waals surface area contributed by atoms with E-state index >= 15 is 0 Å². The summed E-state index contributed by atoms with van der Waals surface area (Å²) in [5, 5.41) is 0. The molecule has 4 rings (SSSR count). The molecule has 0 spiro atoms. The standard InChI is InChI=1S/C24H32F2N4O/c1-15(2)30-9-10-31-24-19(25)12-17(13-21(24)30)23-20(26)14-27-22(28-23)11-16-5-7-18(8-6-16)29(3)4/h12-16,18H,5-11H2,1-4H3. The van der Waals surface area contributed by atoms with Crippen LogP contribution in [0.2, 0.25) is 0 Å². The Morgan fingerprint density at radius 2 is 1.87 bits per heavy atom. The summed E-state index contributed by atoms with van der Waals surface area (Å²) in [4.78, 5) is 13.1. The zero-order valence-corrected chi connectivity index (χ0v) is 18.9. The summed E-state index contributed by atoms with van der Waals surface area (Å²) >= 11 is 0. The number of halogens is 2. The van der Waals surface area contributed by atoms with Gasteiger partial charge in [-0.25, -0.2) is 18.7 Å². The molecule has 1 aliphatic carbocycles. The van der Waals surface area contributed by atoms with Gasteiger partial charge in [-0.1, -0.05) is 0 Å². The lowest BCUT2D eigenvalue weighted by molar-refractivity contribution is 0.192. The molecule has 1 aliphatic heterocycles. The molecule has 1 aromatic carbocycles. The molecular weight excluding hydrogens is 398 g/mol. The third kappa shape index (κ3) is 4.66. The van der Waals surface area contributed by atoms with E-state index < -0.39 is 11.6 Å². The smallest absolute Gasteiger partial charge is 0.178 e. The van der Waals surface area contributed by atoms with Crippen LogP contribution >= 0.6 is 0 Å². The second-order valence-electron chi connectivity index (χ2n) is 9.27. The molecule has 1 fully saturated rings. The van der Waals surface area contributed by atoms with Crippen LogP contribution in [0.4, 0.5) is 14.5 Å². The van der Waals surface area contributed by atoms with Gasteiger partial charge < -0.3 is 14.5 Å². The third-order valence-corrected chi connectivity index (χ3v) is 6.62. The number of aromatic nitrogens is 2. The van der Waals surface area contributed by atoms with Gasteiger partial charge in [0.1, 0.15) is 18.1 Å². The van der Waals surface area contributed by atoms with Gasteiger partial charge in [0.2, 0.25) is 0 Å². The summed E-state index contributed by atoms with van der Waals surface area (Å²) in [7, 11) is 4.26. The number of rotatable bonds is 5. The first-order valence-electron chi connectivity index (χ1n) is 11.2. The van der Waals surface area contributed by atoms with Gasteiger partial charge >= 0.3 is 0 Å². The Hall–Kier alpha value is -2.28. The largest absolute Gasteiger partial charge is 0.486 e.